The van der Waals surface area contributed by atoms with Gasteiger partial charge < -0.3 is 10.1 Å². The first-order valence-corrected chi connectivity index (χ1v) is 9.84. The fourth-order valence-corrected chi connectivity index (χ4v) is 3.97. The first-order chi connectivity index (χ1) is 12.9. The third-order valence-electron chi connectivity index (χ3n) is 4.30. The molecule has 0 aliphatic rings. The van der Waals surface area contributed by atoms with Crippen LogP contribution in [0, 0.1) is 0 Å². The number of esters is 1. The van der Waals surface area contributed by atoms with Gasteiger partial charge in [-0.2, -0.15) is 5.10 Å². The highest BCUT2D eigenvalue weighted by Gasteiger charge is 2.24. The monoisotopic (exact) mass is 405 g/mol. The third kappa shape index (κ3) is 3.99. The van der Waals surface area contributed by atoms with Crippen molar-refractivity contribution in [3.8, 4) is 0 Å². The Balaban J connectivity index is 1.70. The van der Waals surface area contributed by atoms with Gasteiger partial charge in [0, 0.05) is 16.2 Å². The second-order valence-corrected chi connectivity index (χ2v) is 7.63. The first kappa shape index (κ1) is 19.4. The molecule has 0 saturated carbocycles. The zero-order chi connectivity index (χ0) is 19.6. The summed E-state index contributed by atoms with van der Waals surface area (Å²) in [4.78, 5) is 25.2. The Morgan fingerprint density at radius 2 is 2.04 bits per heavy atom. The minimum atomic E-state index is -0.973. The van der Waals surface area contributed by atoms with E-state index in [0.29, 0.717) is 15.7 Å². The molecule has 6 nitrogen and oxygen atoms in total. The molecule has 0 bridgehead atoms. The van der Waals surface area contributed by atoms with E-state index in [2.05, 4.69) is 10.4 Å². The molecule has 2 atom stereocenters. The van der Waals surface area contributed by atoms with E-state index >= 15 is 0 Å². The van der Waals surface area contributed by atoms with Crippen molar-refractivity contribution in [3.63, 3.8) is 0 Å². The van der Waals surface area contributed by atoms with Crippen LogP contribution in [-0.2, 0) is 9.53 Å². The summed E-state index contributed by atoms with van der Waals surface area (Å²) < 4.78 is 7.95. The summed E-state index contributed by atoms with van der Waals surface area (Å²) in [6.07, 6.45) is 1.52. The molecule has 0 spiro atoms. The number of halogens is 1. The molecule has 3 rings (SSSR count). The quantitative estimate of drug-likeness (QED) is 0.591. The summed E-state index contributed by atoms with van der Waals surface area (Å²) in [6.45, 7) is 5.57. The van der Waals surface area contributed by atoms with E-state index in [0.717, 1.165) is 16.5 Å². The van der Waals surface area contributed by atoms with Gasteiger partial charge in [0.15, 0.2) is 6.10 Å². The van der Waals surface area contributed by atoms with Gasteiger partial charge in [0.25, 0.3) is 5.91 Å². The van der Waals surface area contributed by atoms with Crippen LogP contribution in [0.5, 0.6) is 0 Å². The van der Waals surface area contributed by atoms with E-state index in [1.165, 1.54) is 18.3 Å². The molecule has 1 aromatic carbocycles. The van der Waals surface area contributed by atoms with Gasteiger partial charge in [-0.15, -0.1) is 11.3 Å². The number of amides is 1. The molecule has 0 aliphatic carbocycles. The molecule has 142 valence electrons. The molecule has 0 saturated heterocycles. The summed E-state index contributed by atoms with van der Waals surface area (Å²) in [5, 5.41) is 8.13. The van der Waals surface area contributed by atoms with Crippen LogP contribution in [0.25, 0.3) is 10.1 Å². The van der Waals surface area contributed by atoms with Crippen molar-refractivity contribution in [2.45, 2.75) is 39.3 Å². The van der Waals surface area contributed by atoms with Gasteiger partial charge in [0.2, 0.25) is 0 Å². The Morgan fingerprint density at radius 3 is 2.74 bits per heavy atom. The van der Waals surface area contributed by atoms with Crippen LogP contribution in [0.4, 0.5) is 5.82 Å². The Morgan fingerprint density at radius 1 is 1.30 bits per heavy atom. The van der Waals surface area contributed by atoms with Crippen molar-refractivity contribution in [2.24, 2.45) is 0 Å². The van der Waals surface area contributed by atoms with Gasteiger partial charge in [-0.3, -0.25) is 4.79 Å². The van der Waals surface area contributed by atoms with Crippen LogP contribution < -0.4 is 5.32 Å². The summed E-state index contributed by atoms with van der Waals surface area (Å²) in [6, 6.07) is 9.31. The second kappa shape index (κ2) is 8.10. The Hall–Kier alpha value is -2.38. The number of carbonyl (C=O) groups is 2. The zero-order valence-corrected chi connectivity index (χ0v) is 16.8. The summed E-state index contributed by atoms with van der Waals surface area (Å²) in [7, 11) is 0. The van der Waals surface area contributed by atoms with Crippen molar-refractivity contribution in [3.05, 3.63) is 46.4 Å². The number of hydrogen-bond acceptors (Lipinski definition) is 5. The Kier molecular flexibility index (Phi) is 5.82. The third-order valence-corrected chi connectivity index (χ3v) is 5.96. The number of fused-ring (bicyclic) bond motifs is 1. The molecule has 27 heavy (non-hydrogen) atoms. The number of nitrogens with one attached hydrogen (secondary N) is 1. The van der Waals surface area contributed by atoms with Crippen LogP contribution in [0.3, 0.4) is 0 Å². The SMILES string of the molecule is CC[C@@H](C)n1nccc1NC(=O)[C@H](C)OC(=O)c1sc2ccccc2c1Cl. The van der Waals surface area contributed by atoms with Crippen LogP contribution in [-0.4, -0.2) is 27.8 Å². The highest BCUT2D eigenvalue weighted by molar-refractivity contribution is 7.21. The highest BCUT2D eigenvalue weighted by Crippen LogP contribution is 2.35. The molecule has 0 fully saturated rings. The van der Waals surface area contributed by atoms with Gasteiger partial charge in [0.1, 0.15) is 10.7 Å². The maximum atomic E-state index is 12.5. The van der Waals surface area contributed by atoms with Crippen LogP contribution in [0.15, 0.2) is 36.5 Å². The van der Waals surface area contributed by atoms with E-state index in [-0.39, 0.29) is 6.04 Å². The van der Waals surface area contributed by atoms with Crippen molar-refractivity contribution < 1.29 is 14.3 Å². The number of benzene rings is 1. The first-order valence-electron chi connectivity index (χ1n) is 8.64. The molecule has 3 aromatic rings. The molecule has 2 aromatic heterocycles. The molecule has 0 radical (unpaired) electrons. The standard InChI is InChI=1S/C19H20ClN3O3S/c1-4-11(2)23-15(9-10-21-23)22-18(24)12(3)26-19(25)17-16(20)13-7-5-6-8-14(13)27-17/h5-12H,4H2,1-3H3,(H,22,24)/t11-,12+/m1/s1. The van der Waals surface area contributed by atoms with E-state index < -0.39 is 18.0 Å². The number of rotatable bonds is 6. The van der Waals surface area contributed by atoms with Gasteiger partial charge in [-0.1, -0.05) is 36.7 Å². The molecule has 1 N–H and O–H groups in total. The normalized spacial score (nSPS) is 13.3. The Bertz CT molecular complexity index is 982. The number of hydrogen-bond donors (Lipinski definition) is 1. The van der Waals surface area contributed by atoms with Crippen LogP contribution in [0.2, 0.25) is 5.02 Å². The van der Waals surface area contributed by atoms with Crippen molar-refractivity contribution in [1.82, 2.24) is 9.78 Å². The lowest BCUT2D eigenvalue weighted by molar-refractivity contribution is -0.123. The smallest absolute Gasteiger partial charge is 0.350 e. The van der Waals surface area contributed by atoms with E-state index in [1.54, 1.807) is 16.9 Å². The number of carbonyl (C=O) groups excluding carboxylic acids is 2. The minimum absolute atomic E-state index is 0.144. The lowest BCUT2D eigenvalue weighted by Crippen LogP contribution is -2.31. The topological polar surface area (TPSA) is 73.2 Å². The molecular weight excluding hydrogens is 386 g/mol. The van der Waals surface area contributed by atoms with Gasteiger partial charge in [-0.05, 0) is 26.3 Å². The lowest BCUT2D eigenvalue weighted by atomic mass is 10.2. The Labute approximate surface area is 166 Å². The van der Waals surface area contributed by atoms with Gasteiger partial charge in [-0.25, -0.2) is 9.48 Å². The average Bonchev–Trinajstić information content (AvgIpc) is 3.26. The fourth-order valence-electron chi connectivity index (χ4n) is 2.58. The van der Waals surface area contributed by atoms with E-state index in [1.807, 2.05) is 38.1 Å². The highest BCUT2D eigenvalue weighted by atomic mass is 35.5. The molecule has 2 heterocycles. The van der Waals surface area contributed by atoms with Crippen LogP contribution in [0.1, 0.15) is 42.9 Å². The zero-order valence-electron chi connectivity index (χ0n) is 15.2. The van der Waals surface area contributed by atoms with Crippen LogP contribution >= 0.6 is 22.9 Å². The molecule has 8 heteroatoms. The van der Waals surface area contributed by atoms with Gasteiger partial charge in [0.05, 0.1) is 17.3 Å². The summed E-state index contributed by atoms with van der Waals surface area (Å²) in [5.74, 6) is -0.470. The number of aromatic nitrogens is 2. The number of ether oxygens (including phenoxy) is 1. The average molecular weight is 406 g/mol. The molecule has 0 aliphatic heterocycles. The van der Waals surface area contributed by atoms with Gasteiger partial charge >= 0.3 is 5.97 Å². The predicted molar refractivity (Wildman–Crippen MR) is 108 cm³/mol. The minimum Gasteiger partial charge on any atom is -0.448 e. The van der Waals surface area contributed by atoms with Crippen molar-refractivity contribution in [2.75, 3.05) is 5.32 Å². The molecule has 1 amide bonds. The molecule has 0 unspecified atom stereocenters. The molecular formula is C19H20ClN3O3S. The lowest BCUT2D eigenvalue weighted by Gasteiger charge is -2.16. The maximum Gasteiger partial charge on any atom is 0.350 e. The number of anilines is 1. The second-order valence-electron chi connectivity index (χ2n) is 6.20. The fraction of sp³-hybridized carbons (Fsp3) is 0.316. The maximum absolute atomic E-state index is 12.5. The number of nitrogens with zero attached hydrogens (tertiary/aromatic N) is 2. The van der Waals surface area contributed by atoms with Crippen molar-refractivity contribution in [1.29, 1.82) is 0 Å². The summed E-state index contributed by atoms with van der Waals surface area (Å²) in [5.41, 5.74) is 0. The van der Waals surface area contributed by atoms with Crippen molar-refractivity contribution >= 4 is 50.7 Å². The summed E-state index contributed by atoms with van der Waals surface area (Å²) >= 11 is 7.55. The predicted octanol–water partition coefficient (Wildman–Crippen LogP) is 4.91. The van der Waals surface area contributed by atoms with E-state index in [4.69, 9.17) is 16.3 Å². The number of thiophene rings is 1. The van der Waals surface area contributed by atoms with E-state index in [9.17, 15) is 9.59 Å². The largest absolute Gasteiger partial charge is 0.448 e.